The molecule has 0 bridgehead atoms. The van der Waals surface area contributed by atoms with E-state index < -0.39 is 22.5 Å². The van der Waals surface area contributed by atoms with Crippen molar-refractivity contribution in [2.45, 2.75) is 29.5 Å². The number of amides is 1. The fourth-order valence-electron chi connectivity index (χ4n) is 2.56. The number of rotatable bonds is 9. The molecule has 1 amide bonds. The molecule has 0 radical (unpaired) electrons. The minimum atomic E-state index is -4.00. The molecule has 31 heavy (non-hydrogen) atoms. The standard InChI is InChI=1S/C20H21ClN4O3S3/c1-3-12-29-20-24-23-19(30-20)22-18(26)13-25(16-8-4-14(2)5-9-16)31(27,28)17-10-6-15(21)7-11-17/h4-11H,3,12-13H2,1-2H3,(H,22,23,26). The summed E-state index contributed by atoms with van der Waals surface area (Å²) in [7, 11) is -4.00. The quantitative estimate of drug-likeness (QED) is 0.336. The van der Waals surface area contributed by atoms with Gasteiger partial charge in [0.25, 0.3) is 10.0 Å². The van der Waals surface area contributed by atoms with Gasteiger partial charge in [-0.3, -0.25) is 14.4 Å². The van der Waals surface area contributed by atoms with E-state index in [9.17, 15) is 13.2 Å². The van der Waals surface area contributed by atoms with Crippen LogP contribution in [0, 0.1) is 6.92 Å². The number of nitrogens with zero attached hydrogens (tertiary/aromatic N) is 3. The zero-order valence-electron chi connectivity index (χ0n) is 16.9. The Morgan fingerprint density at radius 1 is 1.13 bits per heavy atom. The summed E-state index contributed by atoms with van der Waals surface area (Å²) >= 11 is 8.72. The van der Waals surface area contributed by atoms with Gasteiger partial charge in [0.2, 0.25) is 11.0 Å². The fraction of sp³-hybridized carbons (Fsp3) is 0.250. The van der Waals surface area contributed by atoms with Crippen LogP contribution in [0.4, 0.5) is 10.8 Å². The average Bonchev–Trinajstić information content (AvgIpc) is 3.18. The van der Waals surface area contributed by atoms with E-state index in [1.54, 1.807) is 36.0 Å². The lowest BCUT2D eigenvalue weighted by molar-refractivity contribution is -0.114. The number of anilines is 2. The lowest BCUT2D eigenvalue weighted by Gasteiger charge is -2.24. The SMILES string of the molecule is CCCSc1nnc(NC(=O)CN(c2ccc(C)cc2)S(=O)(=O)c2ccc(Cl)cc2)s1. The summed E-state index contributed by atoms with van der Waals surface area (Å²) in [6.07, 6.45) is 1.00. The van der Waals surface area contributed by atoms with Crippen LogP contribution in [0.3, 0.4) is 0 Å². The van der Waals surface area contributed by atoms with E-state index in [0.717, 1.165) is 26.4 Å². The predicted molar refractivity (Wildman–Crippen MR) is 127 cm³/mol. The van der Waals surface area contributed by atoms with Gasteiger partial charge in [-0.25, -0.2) is 8.42 Å². The highest BCUT2D eigenvalue weighted by Crippen LogP contribution is 2.27. The third-order valence-electron chi connectivity index (χ3n) is 4.09. The number of thioether (sulfide) groups is 1. The Kier molecular flexibility index (Phi) is 7.93. The first-order valence-electron chi connectivity index (χ1n) is 9.40. The zero-order chi connectivity index (χ0) is 22.4. The summed E-state index contributed by atoms with van der Waals surface area (Å²) in [6, 6.07) is 12.7. The lowest BCUT2D eigenvalue weighted by atomic mass is 10.2. The van der Waals surface area contributed by atoms with Gasteiger partial charge in [0.15, 0.2) is 4.34 Å². The highest BCUT2D eigenvalue weighted by atomic mass is 35.5. The average molecular weight is 497 g/mol. The molecule has 164 valence electrons. The Morgan fingerprint density at radius 3 is 2.45 bits per heavy atom. The number of benzene rings is 2. The molecule has 0 aliphatic rings. The topological polar surface area (TPSA) is 92.3 Å². The van der Waals surface area contributed by atoms with Gasteiger partial charge in [-0.05, 0) is 49.7 Å². The van der Waals surface area contributed by atoms with Crippen LogP contribution in [-0.2, 0) is 14.8 Å². The molecule has 0 fully saturated rings. The summed E-state index contributed by atoms with van der Waals surface area (Å²) in [5.41, 5.74) is 1.36. The van der Waals surface area contributed by atoms with Crippen molar-refractivity contribution < 1.29 is 13.2 Å². The van der Waals surface area contributed by atoms with Crippen LogP contribution < -0.4 is 9.62 Å². The van der Waals surface area contributed by atoms with Crippen LogP contribution in [0.15, 0.2) is 57.8 Å². The second-order valence-corrected chi connectivity index (χ2v) is 11.2. The molecule has 0 atom stereocenters. The van der Waals surface area contributed by atoms with Crippen molar-refractivity contribution in [1.29, 1.82) is 0 Å². The number of hydrogen-bond acceptors (Lipinski definition) is 7. The van der Waals surface area contributed by atoms with Crippen LogP contribution >= 0.6 is 34.7 Å². The Morgan fingerprint density at radius 2 is 1.81 bits per heavy atom. The molecule has 1 N–H and O–H groups in total. The van der Waals surface area contributed by atoms with E-state index in [1.807, 2.05) is 6.92 Å². The molecule has 0 aliphatic carbocycles. The molecule has 1 heterocycles. The Labute approximate surface area is 194 Å². The van der Waals surface area contributed by atoms with Gasteiger partial charge in [-0.15, -0.1) is 10.2 Å². The van der Waals surface area contributed by atoms with Crippen LogP contribution in [0.2, 0.25) is 5.02 Å². The number of carbonyl (C=O) groups is 1. The van der Waals surface area contributed by atoms with E-state index in [1.165, 1.54) is 35.6 Å². The van der Waals surface area contributed by atoms with Crippen LogP contribution in [-0.4, -0.2) is 36.8 Å². The number of aryl methyl sites for hydroxylation is 1. The van der Waals surface area contributed by atoms with Crippen molar-refractivity contribution in [3.05, 3.63) is 59.1 Å². The number of hydrogen-bond donors (Lipinski definition) is 1. The number of aromatic nitrogens is 2. The first-order valence-corrected chi connectivity index (χ1v) is 13.0. The largest absolute Gasteiger partial charge is 0.299 e. The van der Waals surface area contributed by atoms with Crippen molar-refractivity contribution in [3.8, 4) is 0 Å². The molecule has 0 spiro atoms. The maximum absolute atomic E-state index is 13.3. The van der Waals surface area contributed by atoms with Gasteiger partial charge in [-0.2, -0.15) is 0 Å². The van der Waals surface area contributed by atoms with E-state index in [2.05, 4.69) is 22.4 Å². The molecule has 11 heteroatoms. The molecule has 0 unspecified atom stereocenters. The fourth-order valence-corrected chi connectivity index (χ4v) is 5.80. The smallest absolute Gasteiger partial charge is 0.264 e. The number of halogens is 1. The molecule has 2 aromatic carbocycles. The van der Waals surface area contributed by atoms with Crippen molar-refractivity contribution in [2.75, 3.05) is 21.9 Å². The molecule has 3 rings (SSSR count). The minimum Gasteiger partial charge on any atom is -0.299 e. The predicted octanol–water partition coefficient (Wildman–Crippen LogP) is 4.84. The number of carbonyl (C=O) groups excluding carboxylic acids is 1. The van der Waals surface area contributed by atoms with Crippen molar-refractivity contribution in [2.24, 2.45) is 0 Å². The Hall–Kier alpha value is -2.14. The maximum atomic E-state index is 13.3. The van der Waals surface area contributed by atoms with Crippen LogP contribution in [0.25, 0.3) is 0 Å². The highest BCUT2D eigenvalue weighted by molar-refractivity contribution is 8.01. The summed E-state index contributed by atoms with van der Waals surface area (Å²) in [5, 5.41) is 11.4. The van der Waals surface area contributed by atoms with Crippen molar-refractivity contribution in [1.82, 2.24) is 10.2 Å². The highest BCUT2D eigenvalue weighted by Gasteiger charge is 2.27. The van der Waals surface area contributed by atoms with Crippen LogP contribution in [0.5, 0.6) is 0 Å². The van der Waals surface area contributed by atoms with Gasteiger partial charge in [-0.1, -0.05) is 59.3 Å². The lowest BCUT2D eigenvalue weighted by Crippen LogP contribution is -2.38. The van der Waals surface area contributed by atoms with Gasteiger partial charge >= 0.3 is 0 Å². The van der Waals surface area contributed by atoms with Gasteiger partial charge in [0.1, 0.15) is 6.54 Å². The van der Waals surface area contributed by atoms with E-state index in [-0.39, 0.29) is 4.90 Å². The normalized spacial score (nSPS) is 11.3. The third-order valence-corrected chi connectivity index (χ3v) is 8.31. The van der Waals surface area contributed by atoms with Crippen molar-refractivity contribution >= 4 is 61.4 Å². The summed E-state index contributed by atoms with van der Waals surface area (Å²) < 4.78 is 28.4. The summed E-state index contributed by atoms with van der Waals surface area (Å²) in [6.45, 7) is 3.56. The first kappa shape index (κ1) is 23.5. The molecular formula is C20H21ClN4O3S3. The molecule has 0 saturated heterocycles. The maximum Gasteiger partial charge on any atom is 0.264 e. The molecule has 3 aromatic rings. The first-order chi connectivity index (χ1) is 14.8. The summed E-state index contributed by atoms with van der Waals surface area (Å²) in [5.74, 6) is 0.393. The van der Waals surface area contributed by atoms with Gasteiger partial charge < -0.3 is 0 Å². The van der Waals surface area contributed by atoms with E-state index in [4.69, 9.17) is 11.6 Å². The monoisotopic (exact) mass is 496 g/mol. The van der Waals surface area contributed by atoms with Crippen LogP contribution in [0.1, 0.15) is 18.9 Å². The van der Waals surface area contributed by atoms with Crippen molar-refractivity contribution in [3.63, 3.8) is 0 Å². The van der Waals surface area contributed by atoms with E-state index >= 15 is 0 Å². The van der Waals surface area contributed by atoms with Gasteiger partial charge in [0, 0.05) is 10.8 Å². The summed E-state index contributed by atoms with van der Waals surface area (Å²) in [4.78, 5) is 12.8. The second-order valence-electron chi connectivity index (χ2n) is 6.57. The van der Waals surface area contributed by atoms with Gasteiger partial charge in [0.05, 0.1) is 10.6 Å². The molecule has 7 nitrogen and oxygen atoms in total. The third kappa shape index (κ3) is 6.19. The second kappa shape index (κ2) is 10.4. The number of nitrogens with one attached hydrogen (secondary N) is 1. The molecular weight excluding hydrogens is 476 g/mol. The Balaban J connectivity index is 1.84. The van der Waals surface area contributed by atoms with E-state index in [0.29, 0.717) is 15.8 Å². The Bertz CT molecular complexity index is 1130. The molecule has 1 aromatic heterocycles. The minimum absolute atomic E-state index is 0.0412. The molecule has 0 saturated carbocycles. The number of sulfonamides is 1. The zero-order valence-corrected chi connectivity index (χ0v) is 20.1. The molecule has 0 aliphatic heterocycles.